The first-order chi connectivity index (χ1) is 23.1. The number of hydrogen-bond acceptors (Lipinski definition) is 2. The summed E-state index contributed by atoms with van der Waals surface area (Å²) in [5.41, 5.74) is 13.7. The van der Waals surface area contributed by atoms with Crippen LogP contribution < -0.4 is 0 Å². The van der Waals surface area contributed by atoms with Gasteiger partial charge in [0, 0.05) is 63.4 Å². The van der Waals surface area contributed by atoms with Gasteiger partial charge in [0.25, 0.3) is 0 Å². The molecule has 3 aromatic carbocycles. The van der Waals surface area contributed by atoms with Gasteiger partial charge in [0.2, 0.25) is 0 Å². The predicted octanol–water partition coefficient (Wildman–Crippen LogP) is 10.9. The predicted molar refractivity (Wildman–Crippen MR) is 193 cm³/mol. The van der Waals surface area contributed by atoms with E-state index in [1.807, 2.05) is 12.4 Å². The van der Waals surface area contributed by atoms with Crippen molar-refractivity contribution in [1.82, 2.24) is 19.1 Å². The van der Waals surface area contributed by atoms with E-state index in [1.54, 1.807) is 0 Å². The lowest BCUT2D eigenvalue weighted by Gasteiger charge is -2.35. The summed E-state index contributed by atoms with van der Waals surface area (Å²) in [6, 6.07) is 24.3. The summed E-state index contributed by atoms with van der Waals surface area (Å²) in [6.45, 7) is 4.56. The third-order valence-electron chi connectivity index (χ3n) is 13.0. The Kier molecular flexibility index (Phi) is 5.29. The summed E-state index contributed by atoms with van der Waals surface area (Å²) < 4.78 is 5.36. The molecule has 0 spiro atoms. The quantitative estimate of drug-likeness (QED) is 0.198. The molecule has 4 aliphatic rings. The zero-order chi connectivity index (χ0) is 31.0. The molecular formula is C43H40N4. The van der Waals surface area contributed by atoms with Crippen LogP contribution in [-0.4, -0.2) is 19.1 Å². The highest BCUT2D eigenvalue weighted by Crippen LogP contribution is 2.85. The zero-order valence-corrected chi connectivity index (χ0v) is 27.3. The van der Waals surface area contributed by atoms with E-state index >= 15 is 0 Å². The van der Waals surface area contributed by atoms with Crippen LogP contribution >= 0.6 is 0 Å². The van der Waals surface area contributed by atoms with Crippen molar-refractivity contribution in [2.45, 2.75) is 76.8 Å². The van der Waals surface area contributed by atoms with Gasteiger partial charge in [-0.05, 0) is 127 Å². The van der Waals surface area contributed by atoms with Gasteiger partial charge in [-0.15, -0.1) is 0 Å². The molecule has 4 heteroatoms. The summed E-state index contributed by atoms with van der Waals surface area (Å²) in [4.78, 5) is 9.15. The Balaban J connectivity index is 1.02. The van der Waals surface area contributed by atoms with Gasteiger partial charge in [0.05, 0.1) is 16.6 Å². The van der Waals surface area contributed by atoms with Crippen molar-refractivity contribution >= 4 is 43.6 Å². The molecule has 7 aromatic rings. The molecule has 0 bridgehead atoms. The van der Waals surface area contributed by atoms with E-state index in [1.165, 1.54) is 128 Å². The van der Waals surface area contributed by atoms with Crippen LogP contribution in [0.25, 0.3) is 65.9 Å². The third-order valence-corrected chi connectivity index (χ3v) is 13.0. The molecule has 4 heterocycles. The van der Waals surface area contributed by atoms with Crippen molar-refractivity contribution in [2.75, 3.05) is 0 Å². The molecule has 0 N–H and O–H groups in total. The first-order valence-corrected chi connectivity index (χ1v) is 18.0. The maximum Gasteiger partial charge on any atom is 0.0527 e. The molecule has 2 unspecified atom stereocenters. The number of pyridine rings is 2. The minimum atomic E-state index is 0.375. The van der Waals surface area contributed by atoms with Crippen LogP contribution in [0, 0.1) is 31.6 Å². The molecule has 47 heavy (non-hydrogen) atoms. The first-order valence-electron chi connectivity index (χ1n) is 18.0. The topological polar surface area (TPSA) is 35.6 Å². The molecule has 0 aliphatic heterocycles. The van der Waals surface area contributed by atoms with Crippen LogP contribution in [0.5, 0.6) is 0 Å². The molecule has 232 valence electrons. The van der Waals surface area contributed by atoms with Crippen molar-refractivity contribution < 1.29 is 0 Å². The van der Waals surface area contributed by atoms with Gasteiger partial charge >= 0.3 is 0 Å². The number of fused-ring (bicyclic) bond motifs is 8. The largest absolute Gasteiger partial charge is 0.337 e. The molecule has 4 fully saturated rings. The summed E-state index contributed by atoms with van der Waals surface area (Å²) in [6.07, 6.45) is 18.8. The molecule has 4 aromatic heterocycles. The molecule has 0 radical (unpaired) electrons. The Labute approximate surface area is 275 Å². The summed E-state index contributed by atoms with van der Waals surface area (Å²) >= 11 is 0. The maximum atomic E-state index is 4.59. The molecule has 2 atom stereocenters. The van der Waals surface area contributed by atoms with Crippen LogP contribution in [0.1, 0.15) is 68.5 Å². The number of rotatable bonds is 4. The molecular weight excluding hydrogens is 573 g/mol. The van der Waals surface area contributed by atoms with Gasteiger partial charge in [-0.3, -0.25) is 9.97 Å². The van der Waals surface area contributed by atoms with Gasteiger partial charge in [-0.1, -0.05) is 49.9 Å². The number of aryl methyl sites for hydroxylation is 2. The van der Waals surface area contributed by atoms with E-state index in [2.05, 4.69) is 106 Å². The maximum absolute atomic E-state index is 4.59. The zero-order valence-electron chi connectivity index (χ0n) is 27.3. The summed E-state index contributed by atoms with van der Waals surface area (Å²) in [5, 5.41) is 5.25. The Morgan fingerprint density at radius 2 is 1.17 bits per heavy atom. The van der Waals surface area contributed by atoms with E-state index in [0.29, 0.717) is 11.6 Å². The van der Waals surface area contributed by atoms with Gasteiger partial charge in [-0.25, -0.2) is 0 Å². The Morgan fingerprint density at radius 3 is 1.85 bits per heavy atom. The second-order valence-electron chi connectivity index (χ2n) is 15.3. The number of benzene rings is 3. The fraction of sp³-hybridized carbons (Fsp3) is 0.349. The monoisotopic (exact) mass is 612 g/mol. The highest BCUT2D eigenvalue weighted by molar-refractivity contribution is 6.10. The molecule has 0 saturated heterocycles. The van der Waals surface area contributed by atoms with E-state index in [0.717, 1.165) is 17.8 Å². The summed E-state index contributed by atoms with van der Waals surface area (Å²) in [7, 11) is 0. The smallest absolute Gasteiger partial charge is 0.0527 e. The van der Waals surface area contributed by atoms with Gasteiger partial charge in [0.1, 0.15) is 0 Å². The van der Waals surface area contributed by atoms with E-state index in [-0.39, 0.29) is 0 Å². The van der Waals surface area contributed by atoms with Crippen molar-refractivity contribution in [3.8, 4) is 22.3 Å². The van der Waals surface area contributed by atoms with Gasteiger partial charge in [-0.2, -0.15) is 0 Å². The molecule has 4 aliphatic carbocycles. The molecule has 0 amide bonds. The first kappa shape index (κ1) is 26.6. The lowest BCUT2D eigenvalue weighted by molar-refractivity contribution is 0.215. The minimum absolute atomic E-state index is 0.375. The Morgan fingerprint density at radius 1 is 0.596 bits per heavy atom. The molecule has 11 rings (SSSR count). The van der Waals surface area contributed by atoms with Crippen molar-refractivity contribution in [3.63, 3.8) is 0 Å². The third kappa shape index (κ3) is 3.49. The number of hydrogen-bond donors (Lipinski definition) is 0. The fourth-order valence-electron chi connectivity index (χ4n) is 10.9. The normalized spacial score (nSPS) is 25.2. The van der Waals surface area contributed by atoms with Crippen molar-refractivity contribution in [1.29, 1.82) is 0 Å². The van der Waals surface area contributed by atoms with Crippen molar-refractivity contribution in [2.24, 2.45) is 17.8 Å². The lowest BCUT2D eigenvalue weighted by Crippen LogP contribution is -2.33. The van der Waals surface area contributed by atoms with Crippen LogP contribution in [0.2, 0.25) is 0 Å². The van der Waals surface area contributed by atoms with Crippen molar-refractivity contribution in [3.05, 3.63) is 96.6 Å². The van der Waals surface area contributed by atoms with Crippen LogP contribution in [0.4, 0.5) is 0 Å². The minimum Gasteiger partial charge on any atom is -0.337 e. The molecule has 4 saturated carbocycles. The molecule has 4 nitrogen and oxygen atoms in total. The number of nitrogens with zero attached hydrogens (tertiary/aromatic N) is 4. The van der Waals surface area contributed by atoms with E-state index < -0.39 is 0 Å². The second-order valence-corrected chi connectivity index (χ2v) is 15.3. The second kappa shape index (κ2) is 9.34. The average Bonchev–Trinajstić information content (AvgIpc) is 3.97. The SMILES string of the molecule is Cc1cc(-c2ccc3c(c2)c2cnccc2n3C23CCCC4C2C43)c(C)cc1-c1ccc2c(c1)c1cnccc1n2C1CCCCC1. The number of aromatic nitrogens is 4. The van der Waals surface area contributed by atoms with Gasteiger partial charge < -0.3 is 9.13 Å². The highest BCUT2D eigenvalue weighted by Gasteiger charge is 2.85. The Bertz CT molecular complexity index is 2430. The van der Waals surface area contributed by atoms with Crippen LogP contribution in [-0.2, 0) is 5.54 Å². The van der Waals surface area contributed by atoms with E-state index in [9.17, 15) is 0 Å². The fourth-order valence-corrected chi connectivity index (χ4v) is 10.9. The van der Waals surface area contributed by atoms with Crippen LogP contribution in [0.15, 0.2) is 85.5 Å². The Hall–Kier alpha value is -4.44. The average molecular weight is 613 g/mol. The van der Waals surface area contributed by atoms with Crippen LogP contribution in [0.3, 0.4) is 0 Å². The highest BCUT2D eigenvalue weighted by atomic mass is 15.2. The van der Waals surface area contributed by atoms with Gasteiger partial charge in [0.15, 0.2) is 0 Å². The summed E-state index contributed by atoms with van der Waals surface area (Å²) in [5.74, 6) is 2.83. The lowest BCUT2D eigenvalue weighted by atomic mass is 9.82. The van der Waals surface area contributed by atoms with E-state index in [4.69, 9.17) is 0 Å². The standard InChI is InChI=1S/C43H40N4/c1-25-20-32(28-11-13-39-34(22-28)36-24-45-18-15-40(36)47(39)43-16-6-9-30-41(43)42(30)43)26(2)19-31(25)27-10-12-37-33(21-27)35-23-44-17-14-38(35)46(37)29-7-4-3-5-8-29/h10-15,17-24,29-30,41-42H,3-9,16H2,1-2H3.